The van der Waals surface area contributed by atoms with E-state index in [1.54, 1.807) is 12.3 Å². The molecule has 6 heteroatoms. The Kier molecular flexibility index (Phi) is 4.03. The van der Waals surface area contributed by atoms with Crippen LogP contribution in [0.25, 0.3) is 0 Å². The van der Waals surface area contributed by atoms with Crippen LogP contribution in [0.4, 0.5) is 10.2 Å². The van der Waals surface area contributed by atoms with Crippen molar-refractivity contribution in [3.05, 3.63) is 46.7 Å². The molecule has 0 bridgehead atoms. The van der Waals surface area contributed by atoms with E-state index in [1.807, 2.05) is 17.0 Å². The summed E-state index contributed by atoms with van der Waals surface area (Å²) in [5, 5.41) is 3.42. The molecule has 0 amide bonds. The number of nitrogens with zero attached hydrogens (tertiary/aromatic N) is 2. The van der Waals surface area contributed by atoms with E-state index in [4.69, 9.17) is 4.42 Å². The highest BCUT2D eigenvalue weighted by atomic mass is 79.9. The second-order valence-electron chi connectivity index (χ2n) is 4.83. The van der Waals surface area contributed by atoms with Gasteiger partial charge in [-0.3, -0.25) is 0 Å². The van der Waals surface area contributed by atoms with Crippen molar-refractivity contribution in [3.8, 4) is 0 Å². The number of halogens is 2. The van der Waals surface area contributed by atoms with Crippen LogP contribution in [0.1, 0.15) is 12.2 Å². The van der Waals surface area contributed by atoms with E-state index in [1.165, 1.54) is 6.07 Å². The summed E-state index contributed by atoms with van der Waals surface area (Å²) in [5.41, 5.74) is 0. The van der Waals surface area contributed by atoms with Crippen LogP contribution in [0.3, 0.4) is 0 Å². The lowest BCUT2D eigenvalue weighted by atomic mass is 10.2. The van der Waals surface area contributed by atoms with Crippen molar-refractivity contribution in [2.24, 2.45) is 0 Å². The largest absolute Gasteiger partial charge is 0.453 e. The molecule has 0 aromatic carbocycles. The van der Waals surface area contributed by atoms with Gasteiger partial charge < -0.3 is 14.6 Å². The Balaban J connectivity index is 1.56. The molecule has 3 rings (SSSR count). The molecule has 1 N–H and O–H groups in total. The molecule has 2 aromatic rings. The molecule has 0 radical (unpaired) electrons. The fourth-order valence-electron chi connectivity index (χ4n) is 2.42. The highest BCUT2D eigenvalue weighted by Gasteiger charge is 2.25. The van der Waals surface area contributed by atoms with Gasteiger partial charge in [0.1, 0.15) is 5.76 Å². The van der Waals surface area contributed by atoms with Crippen LogP contribution in [0.5, 0.6) is 0 Å². The topological polar surface area (TPSA) is 41.3 Å². The molecule has 3 heterocycles. The molecule has 1 aliphatic heterocycles. The highest BCUT2D eigenvalue weighted by Crippen LogP contribution is 2.21. The molecule has 0 saturated carbocycles. The molecular weight excluding hydrogens is 325 g/mol. The van der Waals surface area contributed by atoms with E-state index in [0.29, 0.717) is 18.4 Å². The lowest BCUT2D eigenvalue weighted by molar-refractivity contribution is 0.442. The van der Waals surface area contributed by atoms with Crippen LogP contribution in [0.15, 0.2) is 39.5 Å². The first-order valence-electron chi connectivity index (χ1n) is 6.55. The van der Waals surface area contributed by atoms with E-state index in [0.717, 1.165) is 29.9 Å². The van der Waals surface area contributed by atoms with Crippen LogP contribution >= 0.6 is 15.9 Å². The Bertz CT molecular complexity index is 589. The van der Waals surface area contributed by atoms with Crippen molar-refractivity contribution in [3.63, 3.8) is 0 Å². The van der Waals surface area contributed by atoms with Gasteiger partial charge >= 0.3 is 0 Å². The zero-order valence-electron chi connectivity index (χ0n) is 10.9. The third-order valence-corrected chi connectivity index (χ3v) is 3.85. The number of nitrogens with one attached hydrogen (secondary N) is 1. The lowest BCUT2D eigenvalue weighted by Gasteiger charge is -2.18. The predicted octanol–water partition coefficient (Wildman–Crippen LogP) is 2.94. The number of aromatic nitrogens is 1. The average Bonchev–Trinajstić information content (AvgIpc) is 3.06. The third-order valence-electron chi connectivity index (χ3n) is 3.42. The molecule has 0 unspecified atom stereocenters. The van der Waals surface area contributed by atoms with Crippen LogP contribution in [-0.2, 0) is 6.54 Å². The van der Waals surface area contributed by atoms with Crippen molar-refractivity contribution >= 4 is 21.7 Å². The number of hydrogen-bond donors (Lipinski definition) is 1. The molecule has 1 saturated heterocycles. The van der Waals surface area contributed by atoms with Gasteiger partial charge in [0, 0.05) is 25.3 Å². The fourth-order valence-corrected chi connectivity index (χ4v) is 2.76. The molecule has 1 atom stereocenters. The summed E-state index contributed by atoms with van der Waals surface area (Å²) in [4.78, 5) is 6.09. The maximum atomic E-state index is 13.7. The summed E-state index contributed by atoms with van der Waals surface area (Å²) in [7, 11) is 0. The zero-order valence-corrected chi connectivity index (χ0v) is 12.4. The molecular formula is C14H15BrFN3O. The molecule has 106 valence electrons. The molecule has 4 nitrogen and oxygen atoms in total. The number of pyridine rings is 1. The average molecular weight is 340 g/mol. The van der Waals surface area contributed by atoms with E-state index < -0.39 is 0 Å². The first-order valence-corrected chi connectivity index (χ1v) is 7.35. The quantitative estimate of drug-likeness (QED) is 0.929. The molecule has 0 aliphatic carbocycles. The Labute approximate surface area is 125 Å². The second-order valence-corrected chi connectivity index (χ2v) is 5.61. The van der Waals surface area contributed by atoms with Crippen LogP contribution in [-0.4, -0.2) is 24.1 Å². The first kappa shape index (κ1) is 13.6. The van der Waals surface area contributed by atoms with Crippen molar-refractivity contribution in [2.75, 3.05) is 18.0 Å². The minimum atomic E-state index is -0.261. The van der Waals surface area contributed by atoms with Crippen molar-refractivity contribution in [1.82, 2.24) is 10.3 Å². The zero-order chi connectivity index (χ0) is 13.9. The van der Waals surface area contributed by atoms with Gasteiger partial charge in [-0.2, -0.15) is 0 Å². The molecule has 20 heavy (non-hydrogen) atoms. The van der Waals surface area contributed by atoms with Crippen LogP contribution in [0, 0.1) is 5.82 Å². The van der Waals surface area contributed by atoms with E-state index >= 15 is 0 Å². The minimum Gasteiger partial charge on any atom is -0.453 e. The first-order chi connectivity index (χ1) is 9.72. The molecule has 2 aromatic heterocycles. The van der Waals surface area contributed by atoms with Gasteiger partial charge in [0.2, 0.25) is 0 Å². The Morgan fingerprint density at radius 1 is 1.45 bits per heavy atom. The van der Waals surface area contributed by atoms with Crippen LogP contribution in [0.2, 0.25) is 0 Å². The monoisotopic (exact) mass is 339 g/mol. The van der Waals surface area contributed by atoms with Gasteiger partial charge in [0.25, 0.3) is 0 Å². The van der Waals surface area contributed by atoms with E-state index in [2.05, 4.69) is 26.2 Å². The second kappa shape index (κ2) is 5.93. The fraction of sp³-hybridized carbons (Fsp3) is 0.357. The SMILES string of the molecule is Fc1cccnc1N1CC[C@@H](NCc2ccc(Br)o2)C1. The Morgan fingerprint density at radius 2 is 2.35 bits per heavy atom. The smallest absolute Gasteiger partial charge is 0.169 e. The summed E-state index contributed by atoms with van der Waals surface area (Å²) in [6.45, 7) is 2.25. The van der Waals surface area contributed by atoms with Gasteiger partial charge in [-0.25, -0.2) is 9.37 Å². The predicted molar refractivity (Wildman–Crippen MR) is 78.1 cm³/mol. The van der Waals surface area contributed by atoms with E-state index in [-0.39, 0.29) is 5.82 Å². The summed E-state index contributed by atoms with van der Waals surface area (Å²) < 4.78 is 19.9. The van der Waals surface area contributed by atoms with Crippen molar-refractivity contribution in [2.45, 2.75) is 19.0 Å². The highest BCUT2D eigenvalue weighted by molar-refractivity contribution is 9.10. The van der Waals surface area contributed by atoms with Gasteiger partial charge in [0.05, 0.1) is 6.54 Å². The van der Waals surface area contributed by atoms with Gasteiger partial charge in [-0.15, -0.1) is 0 Å². The lowest BCUT2D eigenvalue weighted by Crippen LogP contribution is -2.32. The minimum absolute atomic E-state index is 0.261. The number of anilines is 1. The maximum absolute atomic E-state index is 13.7. The Morgan fingerprint density at radius 3 is 3.10 bits per heavy atom. The maximum Gasteiger partial charge on any atom is 0.169 e. The molecule has 1 aliphatic rings. The molecule has 0 spiro atoms. The van der Waals surface area contributed by atoms with Gasteiger partial charge in [-0.05, 0) is 46.6 Å². The van der Waals surface area contributed by atoms with E-state index in [9.17, 15) is 4.39 Å². The van der Waals surface area contributed by atoms with Crippen molar-refractivity contribution in [1.29, 1.82) is 0 Å². The van der Waals surface area contributed by atoms with Crippen molar-refractivity contribution < 1.29 is 8.81 Å². The number of furan rings is 1. The summed E-state index contributed by atoms with van der Waals surface area (Å²) >= 11 is 3.28. The Hall–Kier alpha value is -1.40. The summed E-state index contributed by atoms with van der Waals surface area (Å²) in [6.07, 6.45) is 2.59. The van der Waals surface area contributed by atoms with Gasteiger partial charge in [-0.1, -0.05) is 0 Å². The third kappa shape index (κ3) is 3.02. The van der Waals surface area contributed by atoms with Gasteiger partial charge in [0.15, 0.2) is 16.3 Å². The normalized spacial score (nSPS) is 18.7. The standard InChI is InChI=1S/C14H15BrFN3O/c15-13-4-3-11(20-13)8-18-10-5-7-19(9-10)14-12(16)2-1-6-17-14/h1-4,6,10,18H,5,7-9H2/t10-/m1/s1. The number of hydrogen-bond acceptors (Lipinski definition) is 4. The number of rotatable bonds is 4. The summed E-state index contributed by atoms with van der Waals surface area (Å²) in [5.74, 6) is 1.07. The molecule has 1 fully saturated rings. The summed E-state index contributed by atoms with van der Waals surface area (Å²) in [6, 6.07) is 7.19. The van der Waals surface area contributed by atoms with Crippen LogP contribution < -0.4 is 10.2 Å².